The molecule has 1 spiro atoms. The number of hydrogen-bond donors (Lipinski definition) is 2. The first-order valence-electron chi connectivity index (χ1n) is 6.34. The molecule has 0 saturated carbocycles. The third-order valence-corrected chi connectivity index (χ3v) is 3.65. The lowest BCUT2D eigenvalue weighted by atomic mass is 9.72. The molecule has 4 nitrogen and oxygen atoms in total. The minimum absolute atomic E-state index is 0.00748. The highest BCUT2D eigenvalue weighted by Gasteiger charge is 2.43. The van der Waals surface area contributed by atoms with Crippen LogP contribution in [0.1, 0.15) is 26.2 Å². The van der Waals surface area contributed by atoms with E-state index in [1.807, 2.05) is 0 Å². The summed E-state index contributed by atoms with van der Waals surface area (Å²) >= 11 is 0. The molecule has 1 unspecified atom stereocenters. The van der Waals surface area contributed by atoms with E-state index in [9.17, 15) is 4.79 Å². The van der Waals surface area contributed by atoms with Gasteiger partial charge in [-0.05, 0) is 12.8 Å². The number of esters is 1. The predicted molar refractivity (Wildman–Crippen MR) is 62.1 cm³/mol. The monoisotopic (exact) mass is 226 g/mol. The molecule has 2 heterocycles. The fourth-order valence-electron chi connectivity index (χ4n) is 2.53. The van der Waals surface area contributed by atoms with Gasteiger partial charge in [0.1, 0.15) is 0 Å². The molecule has 0 amide bonds. The normalized spacial score (nSPS) is 27.4. The summed E-state index contributed by atoms with van der Waals surface area (Å²) < 4.78 is 5.28. The molecule has 2 N–H and O–H groups in total. The van der Waals surface area contributed by atoms with E-state index in [2.05, 4.69) is 17.6 Å². The predicted octanol–water partition coefficient (Wildman–Crippen LogP) is 0.529. The first-order chi connectivity index (χ1) is 7.76. The standard InChI is InChI=1S/C12H22N2O2/c1-2-3-4-16-11(15)10-5-12(7-13-6-10)8-14-9-12/h10,13-14H,2-9H2,1H3. The van der Waals surface area contributed by atoms with Gasteiger partial charge >= 0.3 is 5.97 Å². The molecule has 2 fully saturated rings. The fraction of sp³-hybridized carbons (Fsp3) is 0.917. The van der Waals surface area contributed by atoms with Crippen molar-refractivity contribution in [2.45, 2.75) is 26.2 Å². The third-order valence-electron chi connectivity index (χ3n) is 3.65. The van der Waals surface area contributed by atoms with Crippen LogP contribution in [0.3, 0.4) is 0 Å². The summed E-state index contributed by atoms with van der Waals surface area (Å²) in [5.41, 5.74) is 0.326. The van der Waals surface area contributed by atoms with Crippen LogP contribution in [0.5, 0.6) is 0 Å². The van der Waals surface area contributed by atoms with Crippen LogP contribution in [0, 0.1) is 11.3 Å². The highest BCUT2D eigenvalue weighted by atomic mass is 16.5. The molecule has 16 heavy (non-hydrogen) atoms. The van der Waals surface area contributed by atoms with Crippen LogP contribution in [-0.2, 0) is 9.53 Å². The lowest BCUT2D eigenvalue weighted by Crippen LogP contribution is -2.62. The van der Waals surface area contributed by atoms with Crippen molar-refractivity contribution in [2.75, 3.05) is 32.8 Å². The van der Waals surface area contributed by atoms with Crippen LogP contribution in [0.15, 0.2) is 0 Å². The van der Waals surface area contributed by atoms with Crippen molar-refractivity contribution in [1.82, 2.24) is 10.6 Å². The van der Waals surface area contributed by atoms with Gasteiger partial charge in [-0.25, -0.2) is 0 Å². The fourth-order valence-corrected chi connectivity index (χ4v) is 2.53. The Balaban J connectivity index is 1.77. The van der Waals surface area contributed by atoms with Crippen molar-refractivity contribution < 1.29 is 9.53 Å². The minimum atomic E-state index is -0.00748. The highest BCUT2D eigenvalue weighted by Crippen LogP contribution is 2.33. The van der Waals surface area contributed by atoms with E-state index >= 15 is 0 Å². The number of ether oxygens (including phenoxy) is 1. The number of carbonyl (C=O) groups excluding carboxylic acids is 1. The second-order valence-electron chi connectivity index (χ2n) is 5.16. The van der Waals surface area contributed by atoms with Crippen molar-refractivity contribution in [2.24, 2.45) is 11.3 Å². The van der Waals surface area contributed by atoms with Crippen molar-refractivity contribution >= 4 is 5.97 Å². The molecule has 2 saturated heterocycles. The van der Waals surface area contributed by atoms with Gasteiger partial charge in [0.05, 0.1) is 12.5 Å². The van der Waals surface area contributed by atoms with Gasteiger partial charge in [0.15, 0.2) is 0 Å². The van der Waals surface area contributed by atoms with Crippen molar-refractivity contribution in [1.29, 1.82) is 0 Å². The average Bonchev–Trinajstić information content (AvgIpc) is 2.27. The average molecular weight is 226 g/mol. The molecule has 2 aliphatic rings. The molecule has 0 bridgehead atoms. The number of piperidine rings is 1. The van der Waals surface area contributed by atoms with Gasteiger partial charge in [-0.15, -0.1) is 0 Å². The molecule has 0 aromatic rings. The second kappa shape index (κ2) is 5.15. The van der Waals surface area contributed by atoms with E-state index in [4.69, 9.17) is 4.74 Å². The molecule has 1 atom stereocenters. The van der Waals surface area contributed by atoms with Crippen molar-refractivity contribution in [3.8, 4) is 0 Å². The number of unbranched alkanes of at least 4 members (excludes halogenated alkanes) is 1. The maximum Gasteiger partial charge on any atom is 0.310 e. The SMILES string of the molecule is CCCCOC(=O)C1CNCC2(CNC2)C1. The topological polar surface area (TPSA) is 50.4 Å². The molecule has 92 valence electrons. The molecule has 0 radical (unpaired) electrons. The van der Waals surface area contributed by atoms with E-state index < -0.39 is 0 Å². The molecule has 0 aromatic heterocycles. The Hall–Kier alpha value is -0.610. The van der Waals surface area contributed by atoms with Crippen LogP contribution >= 0.6 is 0 Å². The summed E-state index contributed by atoms with van der Waals surface area (Å²) in [4.78, 5) is 11.8. The van der Waals surface area contributed by atoms with Gasteiger partial charge < -0.3 is 15.4 Å². The second-order valence-corrected chi connectivity index (χ2v) is 5.16. The van der Waals surface area contributed by atoms with E-state index in [0.29, 0.717) is 12.0 Å². The maximum absolute atomic E-state index is 11.8. The number of nitrogens with one attached hydrogen (secondary N) is 2. The van der Waals surface area contributed by atoms with Crippen molar-refractivity contribution in [3.63, 3.8) is 0 Å². The Labute approximate surface area is 97.1 Å². The van der Waals surface area contributed by atoms with Gasteiger partial charge in [0, 0.05) is 31.6 Å². The van der Waals surface area contributed by atoms with Crippen molar-refractivity contribution in [3.05, 3.63) is 0 Å². The summed E-state index contributed by atoms with van der Waals surface area (Å²) in [6.45, 7) is 6.59. The van der Waals surface area contributed by atoms with Gasteiger partial charge in [-0.3, -0.25) is 4.79 Å². The number of hydrogen-bond acceptors (Lipinski definition) is 4. The molecular formula is C12H22N2O2. The quantitative estimate of drug-likeness (QED) is 0.542. The van der Waals surface area contributed by atoms with Crippen LogP contribution in [-0.4, -0.2) is 38.8 Å². The molecule has 0 aromatic carbocycles. The molecule has 4 heteroatoms. The molecule has 2 rings (SSSR count). The summed E-state index contributed by atoms with van der Waals surface area (Å²) in [5, 5.41) is 6.65. The Morgan fingerprint density at radius 3 is 2.75 bits per heavy atom. The largest absolute Gasteiger partial charge is 0.465 e. The summed E-state index contributed by atoms with van der Waals surface area (Å²) in [6.07, 6.45) is 3.03. The molecule has 2 aliphatic heterocycles. The summed E-state index contributed by atoms with van der Waals surface area (Å²) in [6, 6.07) is 0. The molecular weight excluding hydrogens is 204 g/mol. The smallest absolute Gasteiger partial charge is 0.310 e. The minimum Gasteiger partial charge on any atom is -0.465 e. The molecule has 0 aliphatic carbocycles. The maximum atomic E-state index is 11.8. The zero-order chi connectivity index (χ0) is 11.4. The lowest BCUT2D eigenvalue weighted by Gasteiger charge is -2.47. The zero-order valence-corrected chi connectivity index (χ0v) is 10.1. The van der Waals surface area contributed by atoms with E-state index in [-0.39, 0.29) is 11.9 Å². The summed E-state index contributed by atoms with van der Waals surface area (Å²) in [5.74, 6) is 0.0552. The summed E-state index contributed by atoms with van der Waals surface area (Å²) in [7, 11) is 0. The van der Waals surface area contributed by atoms with Gasteiger partial charge in [0.25, 0.3) is 0 Å². The Morgan fingerprint density at radius 2 is 2.12 bits per heavy atom. The lowest BCUT2D eigenvalue weighted by molar-refractivity contribution is -0.151. The first kappa shape index (κ1) is 11.9. The van der Waals surface area contributed by atoms with Crippen LogP contribution in [0.25, 0.3) is 0 Å². The Kier molecular flexibility index (Phi) is 3.82. The van der Waals surface area contributed by atoms with Gasteiger partial charge in [0.2, 0.25) is 0 Å². The number of rotatable bonds is 4. The van der Waals surface area contributed by atoms with E-state index in [0.717, 1.165) is 45.4 Å². The Bertz CT molecular complexity index is 251. The van der Waals surface area contributed by atoms with Crippen LogP contribution in [0.2, 0.25) is 0 Å². The van der Waals surface area contributed by atoms with E-state index in [1.165, 1.54) is 0 Å². The Morgan fingerprint density at radius 1 is 1.38 bits per heavy atom. The first-order valence-corrected chi connectivity index (χ1v) is 6.34. The highest BCUT2D eigenvalue weighted by molar-refractivity contribution is 5.73. The zero-order valence-electron chi connectivity index (χ0n) is 10.1. The van der Waals surface area contributed by atoms with Crippen LogP contribution in [0.4, 0.5) is 0 Å². The van der Waals surface area contributed by atoms with Gasteiger partial charge in [-0.2, -0.15) is 0 Å². The van der Waals surface area contributed by atoms with Crippen LogP contribution < -0.4 is 10.6 Å². The van der Waals surface area contributed by atoms with Gasteiger partial charge in [-0.1, -0.05) is 13.3 Å². The third kappa shape index (κ3) is 2.55. The number of carbonyl (C=O) groups is 1. The van der Waals surface area contributed by atoms with E-state index in [1.54, 1.807) is 0 Å².